The van der Waals surface area contributed by atoms with Gasteiger partial charge in [-0.1, -0.05) is 12.1 Å². The summed E-state index contributed by atoms with van der Waals surface area (Å²) < 4.78 is 1.02. The predicted octanol–water partition coefficient (Wildman–Crippen LogP) is 4.02. The number of nitrogens with one attached hydrogen (secondary N) is 2. The Balaban J connectivity index is 1.62. The van der Waals surface area contributed by atoms with Crippen LogP contribution in [-0.4, -0.2) is 28.4 Å². The first-order valence-electron chi connectivity index (χ1n) is 8.05. The summed E-state index contributed by atoms with van der Waals surface area (Å²) >= 11 is 1.46. The number of amides is 1. The van der Waals surface area contributed by atoms with Crippen LogP contribution in [0.2, 0.25) is 0 Å². The average Bonchev–Trinajstić information content (AvgIpc) is 3.15. The van der Waals surface area contributed by atoms with Crippen LogP contribution in [0, 0.1) is 5.41 Å². The first kappa shape index (κ1) is 16.3. The van der Waals surface area contributed by atoms with Gasteiger partial charge in [0.05, 0.1) is 22.3 Å². The van der Waals surface area contributed by atoms with E-state index in [4.69, 9.17) is 5.41 Å². The number of anilines is 2. The van der Waals surface area contributed by atoms with Gasteiger partial charge in [-0.2, -0.15) is 0 Å². The van der Waals surface area contributed by atoms with E-state index in [9.17, 15) is 9.90 Å². The van der Waals surface area contributed by atoms with Gasteiger partial charge in [0.25, 0.3) is 0 Å². The van der Waals surface area contributed by atoms with Crippen molar-refractivity contribution in [1.82, 2.24) is 4.98 Å². The molecule has 6 nitrogen and oxygen atoms in total. The molecule has 0 unspecified atom stereocenters. The van der Waals surface area contributed by atoms with Crippen LogP contribution in [0.4, 0.5) is 11.4 Å². The molecule has 26 heavy (non-hydrogen) atoms. The highest BCUT2D eigenvalue weighted by molar-refractivity contribution is 7.19. The van der Waals surface area contributed by atoms with Crippen LogP contribution in [0.5, 0.6) is 0 Å². The number of carbonyl (C=O) groups excluding carboxylic acids is 1. The molecule has 0 saturated carbocycles. The second-order valence-electron chi connectivity index (χ2n) is 5.97. The molecular weight excluding hydrogens is 348 g/mol. The van der Waals surface area contributed by atoms with E-state index in [2.05, 4.69) is 10.3 Å². The lowest BCUT2D eigenvalue weighted by molar-refractivity contribution is -0.114. The number of amidine groups is 1. The van der Waals surface area contributed by atoms with E-state index in [1.165, 1.54) is 18.3 Å². The highest BCUT2D eigenvalue weighted by atomic mass is 32.1. The van der Waals surface area contributed by atoms with Gasteiger partial charge in [0.2, 0.25) is 5.91 Å². The third-order valence-corrected chi connectivity index (χ3v) is 5.16. The van der Waals surface area contributed by atoms with Crippen molar-refractivity contribution in [2.45, 2.75) is 6.92 Å². The smallest absolute Gasteiger partial charge is 0.221 e. The lowest BCUT2D eigenvalue weighted by atomic mass is 10.2. The number of thiazole rings is 1. The molecule has 0 saturated heterocycles. The van der Waals surface area contributed by atoms with Gasteiger partial charge in [-0.3, -0.25) is 10.2 Å². The van der Waals surface area contributed by atoms with Crippen LogP contribution in [0.1, 0.15) is 11.9 Å². The molecule has 3 N–H and O–H groups in total. The number of para-hydroxylation sites is 1. The normalized spacial score (nSPS) is 14.3. The summed E-state index contributed by atoms with van der Waals surface area (Å²) in [5.41, 5.74) is 2.79. The molecule has 1 amide bonds. The van der Waals surface area contributed by atoms with Gasteiger partial charge in [0.1, 0.15) is 16.6 Å². The number of hydrogen-bond acceptors (Lipinski definition) is 5. The van der Waals surface area contributed by atoms with E-state index in [0.29, 0.717) is 16.3 Å². The largest absolute Gasteiger partial charge is 0.510 e. The van der Waals surface area contributed by atoms with Crippen molar-refractivity contribution in [3.8, 4) is 0 Å². The van der Waals surface area contributed by atoms with Crippen molar-refractivity contribution in [3.63, 3.8) is 0 Å². The Hall–Kier alpha value is -3.19. The Morgan fingerprint density at radius 1 is 1.23 bits per heavy atom. The predicted molar refractivity (Wildman–Crippen MR) is 105 cm³/mol. The van der Waals surface area contributed by atoms with Gasteiger partial charge < -0.3 is 15.3 Å². The summed E-state index contributed by atoms with van der Waals surface area (Å²) in [4.78, 5) is 17.4. The average molecular weight is 364 g/mol. The second kappa shape index (κ2) is 6.27. The summed E-state index contributed by atoms with van der Waals surface area (Å²) in [7, 11) is 0. The standard InChI is InChI=1S/C19H16N4O2S/c1-11(24)21-12-6-8-13(9-7-12)23-10-15(25)17(18(23)20)19-22-14-4-2-3-5-16(14)26-19/h2-9,20,25H,10H2,1H3,(H,21,24). The topological polar surface area (TPSA) is 89.3 Å². The highest BCUT2D eigenvalue weighted by Crippen LogP contribution is 2.35. The van der Waals surface area contributed by atoms with E-state index in [1.807, 2.05) is 36.4 Å². The van der Waals surface area contributed by atoms with Gasteiger partial charge in [-0.15, -0.1) is 11.3 Å². The van der Waals surface area contributed by atoms with Gasteiger partial charge in [0, 0.05) is 18.3 Å². The maximum atomic E-state index is 11.1. The number of hydrogen-bond donors (Lipinski definition) is 3. The number of nitrogens with zero attached hydrogens (tertiary/aromatic N) is 2. The highest BCUT2D eigenvalue weighted by Gasteiger charge is 2.31. The minimum Gasteiger partial charge on any atom is -0.510 e. The molecule has 0 radical (unpaired) electrons. The van der Waals surface area contributed by atoms with Crippen LogP contribution in [0.15, 0.2) is 54.3 Å². The maximum absolute atomic E-state index is 11.1. The van der Waals surface area contributed by atoms with Crippen molar-refractivity contribution in [2.75, 3.05) is 16.8 Å². The minimum atomic E-state index is -0.135. The summed E-state index contributed by atoms with van der Waals surface area (Å²) in [6, 6.07) is 14.9. The minimum absolute atomic E-state index is 0.135. The quantitative estimate of drug-likeness (QED) is 0.655. The molecule has 1 aliphatic heterocycles. The molecule has 3 aromatic rings. The summed E-state index contributed by atoms with van der Waals surface area (Å²) in [6.45, 7) is 1.68. The molecular formula is C19H16N4O2S. The summed E-state index contributed by atoms with van der Waals surface area (Å²) in [5, 5.41) is 22.3. The van der Waals surface area contributed by atoms with Crippen molar-refractivity contribution in [2.24, 2.45) is 0 Å². The molecule has 2 heterocycles. The van der Waals surface area contributed by atoms with Crippen LogP contribution in [0.3, 0.4) is 0 Å². The van der Waals surface area contributed by atoms with Crippen molar-refractivity contribution >= 4 is 50.2 Å². The molecule has 1 aliphatic rings. The molecule has 2 aromatic carbocycles. The lowest BCUT2D eigenvalue weighted by Crippen LogP contribution is -2.26. The molecule has 130 valence electrons. The van der Waals surface area contributed by atoms with E-state index >= 15 is 0 Å². The van der Waals surface area contributed by atoms with E-state index < -0.39 is 0 Å². The van der Waals surface area contributed by atoms with Gasteiger partial charge >= 0.3 is 0 Å². The Kier molecular flexibility index (Phi) is 3.93. The van der Waals surface area contributed by atoms with E-state index in [0.717, 1.165) is 15.9 Å². The zero-order valence-corrected chi connectivity index (χ0v) is 14.8. The summed E-state index contributed by atoms with van der Waals surface area (Å²) in [5.74, 6) is 0.220. The molecule has 0 fully saturated rings. The number of rotatable bonds is 3. The number of aliphatic hydroxyl groups excluding tert-OH is 1. The van der Waals surface area contributed by atoms with Crippen LogP contribution >= 0.6 is 11.3 Å². The first-order valence-corrected chi connectivity index (χ1v) is 8.87. The van der Waals surface area contributed by atoms with Gasteiger partial charge in [-0.05, 0) is 36.4 Å². The molecule has 0 aliphatic carbocycles. The SMILES string of the molecule is CC(=O)Nc1ccc(N2CC(O)=C(c3nc4ccccc4s3)C2=N)cc1. The molecule has 0 bridgehead atoms. The zero-order chi connectivity index (χ0) is 18.3. The number of fused-ring (bicyclic) bond motifs is 1. The molecule has 7 heteroatoms. The second-order valence-corrected chi connectivity index (χ2v) is 7.00. The van der Waals surface area contributed by atoms with Crippen LogP contribution < -0.4 is 10.2 Å². The fourth-order valence-electron chi connectivity index (χ4n) is 2.93. The third-order valence-electron chi connectivity index (χ3n) is 4.11. The lowest BCUT2D eigenvalue weighted by Gasteiger charge is -2.19. The summed E-state index contributed by atoms with van der Waals surface area (Å²) in [6.07, 6.45) is 0. The fraction of sp³-hybridized carbons (Fsp3) is 0.105. The molecule has 4 rings (SSSR count). The fourth-order valence-corrected chi connectivity index (χ4v) is 3.97. The Morgan fingerprint density at radius 2 is 1.96 bits per heavy atom. The number of aromatic nitrogens is 1. The maximum Gasteiger partial charge on any atom is 0.221 e. The van der Waals surface area contributed by atoms with Gasteiger partial charge in [-0.25, -0.2) is 4.98 Å². The Bertz CT molecular complexity index is 1020. The number of benzene rings is 2. The van der Waals surface area contributed by atoms with Gasteiger partial charge in [0.15, 0.2) is 0 Å². The van der Waals surface area contributed by atoms with Crippen LogP contribution in [-0.2, 0) is 4.79 Å². The zero-order valence-electron chi connectivity index (χ0n) is 14.0. The first-order chi connectivity index (χ1) is 12.5. The van der Waals surface area contributed by atoms with E-state index in [-0.39, 0.29) is 24.0 Å². The molecule has 1 aromatic heterocycles. The van der Waals surface area contributed by atoms with Crippen molar-refractivity contribution < 1.29 is 9.90 Å². The number of carbonyl (C=O) groups is 1. The third kappa shape index (κ3) is 2.82. The number of aliphatic hydroxyl groups is 1. The monoisotopic (exact) mass is 364 g/mol. The van der Waals surface area contributed by atoms with E-state index in [1.54, 1.807) is 17.0 Å². The molecule has 0 spiro atoms. The van der Waals surface area contributed by atoms with Crippen molar-refractivity contribution in [3.05, 3.63) is 59.3 Å². The Morgan fingerprint density at radius 3 is 2.65 bits per heavy atom. The Labute approximate surface area is 153 Å². The van der Waals surface area contributed by atoms with Crippen LogP contribution in [0.25, 0.3) is 15.8 Å². The van der Waals surface area contributed by atoms with Crippen molar-refractivity contribution in [1.29, 1.82) is 5.41 Å². The molecule has 0 atom stereocenters.